The third-order valence-electron chi connectivity index (χ3n) is 0.707. The van der Waals surface area contributed by atoms with Gasteiger partial charge < -0.3 is 0 Å². The second-order valence-electron chi connectivity index (χ2n) is 1.97. The van der Waals surface area contributed by atoms with Gasteiger partial charge in [0.15, 0.2) is 0 Å². The molecule has 0 fully saturated rings. The molecule has 0 rings (SSSR count). The summed E-state index contributed by atoms with van der Waals surface area (Å²) < 4.78 is 0. The SMILES string of the molecule is C=CC.CCCCC.N=C=O.N=C=O. The summed E-state index contributed by atoms with van der Waals surface area (Å²) >= 11 is 0. The molecule has 0 bridgehead atoms. The molecule has 82 valence electrons. The Morgan fingerprint density at radius 1 is 1.14 bits per heavy atom. The summed E-state index contributed by atoms with van der Waals surface area (Å²) in [6.45, 7) is 9.67. The number of isocyanates is 2. The van der Waals surface area contributed by atoms with Crippen LogP contribution in [0, 0.1) is 10.8 Å². The highest BCUT2D eigenvalue weighted by Crippen LogP contribution is 1.88. The Hall–Kier alpha value is -1.50. The quantitative estimate of drug-likeness (QED) is 0.407. The van der Waals surface area contributed by atoms with Crippen molar-refractivity contribution < 1.29 is 9.59 Å². The second-order valence-corrected chi connectivity index (χ2v) is 1.97. The van der Waals surface area contributed by atoms with Crippen molar-refractivity contribution in [1.29, 1.82) is 10.8 Å². The van der Waals surface area contributed by atoms with Crippen LogP contribution in [0.2, 0.25) is 0 Å². The number of carbonyl (C=O) groups excluding carboxylic acids is 2. The van der Waals surface area contributed by atoms with Crippen LogP contribution in [-0.2, 0) is 9.59 Å². The van der Waals surface area contributed by atoms with Gasteiger partial charge in [0.2, 0.25) is 12.2 Å². The first-order chi connectivity index (χ1) is 6.66. The van der Waals surface area contributed by atoms with Crippen LogP contribution in [0.1, 0.15) is 40.0 Å². The van der Waals surface area contributed by atoms with Gasteiger partial charge in [-0.05, 0) is 6.92 Å². The minimum absolute atomic E-state index is 0.750. The van der Waals surface area contributed by atoms with Gasteiger partial charge in [-0.25, -0.2) is 20.4 Å². The van der Waals surface area contributed by atoms with Gasteiger partial charge in [-0.1, -0.05) is 39.2 Å². The highest BCUT2D eigenvalue weighted by molar-refractivity contribution is 5.26. The van der Waals surface area contributed by atoms with Crippen molar-refractivity contribution in [2.75, 3.05) is 0 Å². The lowest BCUT2D eigenvalue weighted by Crippen LogP contribution is -1.59. The highest BCUT2D eigenvalue weighted by atomic mass is 16.1. The van der Waals surface area contributed by atoms with Gasteiger partial charge in [0, 0.05) is 0 Å². The molecule has 0 aromatic carbocycles. The average molecular weight is 200 g/mol. The molecule has 0 aromatic heterocycles. The highest BCUT2D eigenvalue weighted by Gasteiger charge is 1.68. The molecule has 0 aliphatic heterocycles. The number of hydrogen-bond donors (Lipinski definition) is 2. The predicted octanol–water partition coefficient (Wildman–Crippen LogP) is 3.19. The fourth-order valence-corrected chi connectivity index (χ4v) is 0.354. The number of rotatable bonds is 2. The van der Waals surface area contributed by atoms with Gasteiger partial charge in [0.1, 0.15) is 0 Å². The van der Waals surface area contributed by atoms with Crippen LogP contribution < -0.4 is 0 Å². The molecule has 0 aliphatic carbocycles. The Bertz CT molecular complexity index is 130. The third-order valence-corrected chi connectivity index (χ3v) is 0.707. The summed E-state index contributed by atoms with van der Waals surface area (Å²) in [6.07, 6.45) is 7.33. The summed E-state index contributed by atoms with van der Waals surface area (Å²) in [4.78, 5) is 16.7. The lowest BCUT2D eigenvalue weighted by atomic mass is 10.3. The monoisotopic (exact) mass is 200 g/mol. The van der Waals surface area contributed by atoms with E-state index < -0.39 is 0 Å². The van der Waals surface area contributed by atoms with Gasteiger partial charge in [-0.2, -0.15) is 0 Å². The van der Waals surface area contributed by atoms with E-state index in [1.54, 1.807) is 6.08 Å². The van der Waals surface area contributed by atoms with Gasteiger partial charge in [0.05, 0.1) is 0 Å². The number of unbranched alkanes of at least 4 members (excludes halogenated alkanes) is 2. The summed E-state index contributed by atoms with van der Waals surface area (Å²) in [7, 11) is 0. The molecular weight excluding hydrogens is 180 g/mol. The lowest BCUT2D eigenvalue weighted by Gasteiger charge is -1.79. The van der Waals surface area contributed by atoms with E-state index in [1.165, 1.54) is 19.3 Å². The molecule has 0 spiro atoms. The van der Waals surface area contributed by atoms with Crippen molar-refractivity contribution in [1.82, 2.24) is 0 Å². The van der Waals surface area contributed by atoms with Crippen LogP contribution in [0.5, 0.6) is 0 Å². The standard InChI is InChI=1S/C5H12.C3H6.2CHNO/c1-3-5-4-2;1-3-2;2*2-1-3/h3-5H2,1-2H3;3H,1H2,2H3;2*2H. The molecule has 0 radical (unpaired) electrons. The van der Waals surface area contributed by atoms with E-state index in [0.717, 1.165) is 12.2 Å². The van der Waals surface area contributed by atoms with E-state index in [0.29, 0.717) is 0 Å². The maximum atomic E-state index is 8.35. The molecular formula is C10H20N2O2. The van der Waals surface area contributed by atoms with Gasteiger partial charge in [0.25, 0.3) is 0 Å². The molecule has 2 N–H and O–H groups in total. The molecule has 0 atom stereocenters. The van der Waals surface area contributed by atoms with Crippen molar-refractivity contribution in [2.45, 2.75) is 40.0 Å². The molecule has 4 nitrogen and oxygen atoms in total. The minimum Gasteiger partial charge on any atom is -0.222 e. The summed E-state index contributed by atoms with van der Waals surface area (Å²) in [6, 6.07) is 0. The summed E-state index contributed by atoms with van der Waals surface area (Å²) in [5, 5.41) is 10.8. The van der Waals surface area contributed by atoms with Crippen molar-refractivity contribution in [3.8, 4) is 0 Å². The molecule has 0 aliphatic rings. The number of allylic oxidation sites excluding steroid dienone is 1. The van der Waals surface area contributed by atoms with Crippen LogP contribution in [0.15, 0.2) is 12.7 Å². The summed E-state index contributed by atoms with van der Waals surface area (Å²) in [5.74, 6) is 0. The van der Waals surface area contributed by atoms with E-state index in [-0.39, 0.29) is 0 Å². The van der Waals surface area contributed by atoms with Gasteiger partial charge >= 0.3 is 0 Å². The van der Waals surface area contributed by atoms with E-state index in [1.807, 2.05) is 6.92 Å². The topological polar surface area (TPSA) is 81.8 Å². The van der Waals surface area contributed by atoms with Crippen LogP contribution in [-0.4, -0.2) is 12.2 Å². The molecule has 4 heteroatoms. The van der Waals surface area contributed by atoms with Crippen LogP contribution in [0.25, 0.3) is 0 Å². The minimum atomic E-state index is 0.750. The Labute approximate surface area is 86.0 Å². The third kappa shape index (κ3) is 3790. The van der Waals surface area contributed by atoms with Crippen molar-refractivity contribution in [3.05, 3.63) is 12.7 Å². The first-order valence-corrected chi connectivity index (χ1v) is 4.31. The number of nitrogens with one attached hydrogen (secondary N) is 2. The molecule has 0 aromatic rings. The molecule has 0 saturated carbocycles. The van der Waals surface area contributed by atoms with Crippen LogP contribution in [0.3, 0.4) is 0 Å². The largest absolute Gasteiger partial charge is 0.231 e. The maximum Gasteiger partial charge on any atom is 0.231 e. The van der Waals surface area contributed by atoms with Crippen LogP contribution in [0.4, 0.5) is 0 Å². The fourth-order valence-electron chi connectivity index (χ4n) is 0.354. The zero-order chi connectivity index (χ0) is 12.2. The zero-order valence-electron chi connectivity index (χ0n) is 9.22. The van der Waals surface area contributed by atoms with Gasteiger partial charge in [-0.3, -0.25) is 0 Å². The normalized spacial score (nSPS) is 5.07. The number of hydrogen-bond acceptors (Lipinski definition) is 4. The van der Waals surface area contributed by atoms with Crippen molar-refractivity contribution in [3.63, 3.8) is 0 Å². The fraction of sp³-hybridized carbons (Fsp3) is 0.600. The van der Waals surface area contributed by atoms with E-state index in [2.05, 4.69) is 20.4 Å². The van der Waals surface area contributed by atoms with Crippen molar-refractivity contribution in [2.24, 2.45) is 0 Å². The van der Waals surface area contributed by atoms with E-state index in [4.69, 9.17) is 20.4 Å². The lowest BCUT2D eigenvalue weighted by molar-refractivity contribution is 0.562. The maximum absolute atomic E-state index is 8.35. The Kier molecular flexibility index (Phi) is 102. The molecule has 14 heavy (non-hydrogen) atoms. The van der Waals surface area contributed by atoms with Gasteiger partial charge in [-0.15, -0.1) is 6.58 Å². The first kappa shape index (κ1) is 22.9. The van der Waals surface area contributed by atoms with Crippen LogP contribution >= 0.6 is 0 Å². The Morgan fingerprint density at radius 2 is 1.29 bits per heavy atom. The molecule has 0 saturated heterocycles. The zero-order valence-corrected chi connectivity index (χ0v) is 9.22. The Balaban J connectivity index is -0.0000000495. The average Bonchev–Trinajstić information content (AvgIpc) is 2.09. The predicted molar refractivity (Wildman–Crippen MR) is 57.9 cm³/mol. The van der Waals surface area contributed by atoms with Crippen molar-refractivity contribution >= 4 is 12.2 Å². The molecule has 0 heterocycles. The first-order valence-electron chi connectivity index (χ1n) is 4.31. The molecule has 0 unspecified atom stereocenters. The summed E-state index contributed by atoms with van der Waals surface area (Å²) in [5.41, 5.74) is 0. The second kappa shape index (κ2) is 62.6. The molecule has 0 amide bonds. The Morgan fingerprint density at radius 3 is 1.29 bits per heavy atom. The van der Waals surface area contributed by atoms with E-state index >= 15 is 0 Å². The van der Waals surface area contributed by atoms with E-state index in [9.17, 15) is 0 Å². The smallest absolute Gasteiger partial charge is 0.222 e.